The Kier molecular flexibility index (Phi) is 7.12. The zero-order valence-corrected chi connectivity index (χ0v) is 34.7. The molecule has 0 aliphatic carbocycles. The minimum atomic E-state index is -0.567. The van der Waals surface area contributed by atoms with Crippen LogP contribution in [-0.4, -0.2) is 28.7 Å². The lowest BCUT2D eigenvalue weighted by Crippen LogP contribution is -2.44. The highest BCUT2D eigenvalue weighted by atomic mass is 15.3. The molecule has 0 saturated carbocycles. The van der Waals surface area contributed by atoms with Crippen LogP contribution in [0.5, 0.6) is 0 Å². The van der Waals surface area contributed by atoms with Crippen LogP contribution in [0.3, 0.4) is 0 Å². The Bertz CT molecular complexity index is 3980. The fourth-order valence-electron chi connectivity index (χ4n) is 10.6. The molecule has 0 saturated heterocycles. The Morgan fingerprint density at radius 2 is 0.953 bits per heavy atom. The summed E-state index contributed by atoms with van der Waals surface area (Å²) in [5, 5.41) is 11.4. The average Bonchev–Trinajstić information content (AvgIpc) is 4.01. The first-order chi connectivity index (χ1) is 31.6. The number of para-hydroxylation sites is 2. The zero-order chi connectivity index (χ0) is 42.1. The fourth-order valence-corrected chi connectivity index (χ4v) is 10.6. The Morgan fingerprint density at radius 1 is 0.422 bits per heavy atom. The average molecular weight is 820 g/mol. The molecule has 0 radical (unpaired) electrons. The van der Waals surface area contributed by atoms with Crippen molar-refractivity contribution in [3.05, 3.63) is 200 Å². The second-order valence-electron chi connectivity index (χ2n) is 17.1. The zero-order valence-electron chi connectivity index (χ0n) is 34.7. The summed E-state index contributed by atoms with van der Waals surface area (Å²) in [7, 11) is 0. The first-order valence-corrected chi connectivity index (χ1v) is 21.8. The van der Waals surface area contributed by atoms with E-state index < -0.39 is 5.66 Å². The van der Waals surface area contributed by atoms with Gasteiger partial charge in [-0.25, -0.2) is 15.0 Å². The van der Waals surface area contributed by atoms with Crippen molar-refractivity contribution in [1.82, 2.24) is 34.0 Å². The van der Waals surface area contributed by atoms with Gasteiger partial charge in [-0.2, -0.15) is 0 Å². The van der Waals surface area contributed by atoms with Gasteiger partial charge in [-0.15, -0.1) is 0 Å². The van der Waals surface area contributed by atoms with Gasteiger partial charge < -0.3 is 14.5 Å². The third-order valence-electron chi connectivity index (χ3n) is 13.4. The minimum absolute atomic E-state index is 0.567. The molecule has 1 atom stereocenters. The van der Waals surface area contributed by atoms with Crippen LogP contribution in [-0.2, 0) is 5.66 Å². The van der Waals surface area contributed by atoms with Crippen LogP contribution in [0.2, 0.25) is 0 Å². The van der Waals surface area contributed by atoms with Crippen LogP contribution in [0.15, 0.2) is 200 Å². The maximum absolute atomic E-state index is 5.20. The molecule has 2 aliphatic heterocycles. The molecule has 7 nitrogen and oxygen atoms in total. The van der Waals surface area contributed by atoms with Gasteiger partial charge in [0.2, 0.25) is 0 Å². The molecule has 0 spiro atoms. The smallest absolute Gasteiger partial charge is 0.164 e. The first-order valence-electron chi connectivity index (χ1n) is 21.8. The van der Waals surface area contributed by atoms with E-state index in [4.69, 9.17) is 15.0 Å². The molecule has 2 aliphatic rings. The van der Waals surface area contributed by atoms with Crippen molar-refractivity contribution in [2.75, 3.05) is 0 Å². The summed E-state index contributed by atoms with van der Waals surface area (Å²) in [5.74, 6) is 2.91. The van der Waals surface area contributed by atoms with E-state index in [2.05, 4.69) is 202 Å². The van der Waals surface area contributed by atoms with Gasteiger partial charge in [0.15, 0.2) is 17.5 Å². The minimum Gasteiger partial charge on any atom is -0.345 e. The predicted octanol–water partition coefficient (Wildman–Crippen LogP) is 13.5. The summed E-state index contributed by atoms with van der Waals surface area (Å²) < 4.78 is 7.42. The number of rotatable bonds is 5. The van der Waals surface area contributed by atoms with Crippen LogP contribution in [0.4, 0.5) is 0 Å². The summed E-state index contributed by atoms with van der Waals surface area (Å²) in [6.07, 6.45) is 6.72. The van der Waals surface area contributed by atoms with E-state index in [9.17, 15) is 0 Å². The summed E-state index contributed by atoms with van der Waals surface area (Å²) in [6.45, 7) is 2.29. The lowest BCUT2D eigenvalue weighted by Gasteiger charge is -2.35. The molecule has 0 fully saturated rings. The van der Waals surface area contributed by atoms with E-state index in [1.807, 2.05) is 24.3 Å². The SMILES string of the molecule is CC12C=CC=C(N1)n1c3ccccc3c3ccc4c(c5c(ccc6c7ccccc7n2c65)n4-c2cccc(-c4nc(-c5ccccc5)nc(-c5ccc(-c6ccccc6)cc5)n4)c2)c31. The second kappa shape index (κ2) is 13.0. The van der Waals surface area contributed by atoms with Crippen LogP contribution in [0.25, 0.3) is 122 Å². The van der Waals surface area contributed by atoms with Crippen LogP contribution in [0, 0.1) is 0 Å². The van der Waals surface area contributed by atoms with Gasteiger partial charge in [0.05, 0.1) is 33.1 Å². The number of dihydropyridines is 1. The third-order valence-corrected chi connectivity index (χ3v) is 13.4. The molecule has 1 unspecified atom stereocenters. The van der Waals surface area contributed by atoms with Gasteiger partial charge in [-0.1, -0.05) is 152 Å². The molecule has 300 valence electrons. The van der Waals surface area contributed by atoms with Gasteiger partial charge in [0.1, 0.15) is 11.5 Å². The van der Waals surface area contributed by atoms with E-state index in [0.717, 1.165) is 44.8 Å². The number of allylic oxidation sites excluding steroid dienone is 2. The quantitative estimate of drug-likeness (QED) is 0.188. The van der Waals surface area contributed by atoms with Crippen molar-refractivity contribution in [1.29, 1.82) is 0 Å². The number of nitrogens with one attached hydrogen (secondary N) is 1. The Labute approximate surface area is 367 Å². The molecule has 6 heterocycles. The topological polar surface area (TPSA) is 65.5 Å². The van der Waals surface area contributed by atoms with Crippen LogP contribution < -0.4 is 5.32 Å². The molecule has 4 aromatic heterocycles. The van der Waals surface area contributed by atoms with E-state index in [-0.39, 0.29) is 0 Å². The van der Waals surface area contributed by atoms with E-state index >= 15 is 0 Å². The Hall–Kier alpha value is -8.55. The number of fused-ring (bicyclic) bond motifs is 10. The standard InChI is InChI=1S/C57H37N7/c1-57-33-13-24-49(61-57)63-45-22-10-8-20-41(45)43-29-31-47-50(52(43)63)51-48(32-30-44-42-21-9-11-23-46(42)64(57)53(44)51)62(47)40-19-12-18-39(34-40)56-59-54(37-16-6-3-7-17-37)58-55(60-56)38-27-25-36(26-28-38)35-14-4-2-5-15-35/h2-34,61H,1H3. The van der Waals surface area contributed by atoms with E-state index in [1.54, 1.807) is 0 Å². The number of aromatic nitrogens is 6. The van der Waals surface area contributed by atoms with Crippen LogP contribution in [0.1, 0.15) is 6.92 Å². The molecule has 2 bridgehead atoms. The molecular weight excluding hydrogens is 783 g/mol. The molecule has 12 aromatic rings. The van der Waals surface area contributed by atoms with E-state index in [0.29, 0.717) is 17.5 Å². The molecule has 14 rings (SSSR count). The molecule has 64 heavy (non-hydrogen) atoms. The number of nitrogens with zero attached hydrogens (tertiary/aromatic N) is 6. The van der Waals surface area contributed by atoms with E-state index in [1.165, 1.54) is 59.9 Å². The lowest BCUT2D eigenvalue weighted by molar-refractivity contribution is 0.385. The molecule has 1 N–H and O–H groups in total. The van der Waals surface area contributed by atoms with Crippen molar-refractivity contribution in [2.24, 2.45) is 0 Å². The summed E-state index contributed by atoms with van der Waals surface area (Å²) >= 11 is 0. The first kappa shape index (κ1) is 35.1. The lowest BCUT2D eigenvalue weighted by atomic mass is 10.0. The summed E-state index contributed by atoms with van der Waals surface area (Å²) in [4.78, 5) is 15.4. The second-order valence-corrected chi connectivity index (χ2v) is 17.1. The van der Waals surface area contributed by atoms with Crippen molar-refractivity contribution in [2.45, 2.75) is 12.6 Å². The highest BCUT2D eigenvalue weighted by Crippen LogP contribution is 2.48. The number of hydrogen-bond acceptors (Lipinski definition) is 4. The van der Waals surface area contributed by atoms with Crippen LogP contribution >= 0.6 is 0 Å². The summed E-state index contributed by atoms with van der Waals surface area (Å²) in [5.41, 5.74) is 12.5. The third kappa shape index (κ3) is 4.89. The molecule has 7 heteroatoms. The van der Waals surface area contributed by atoms with Gasteiger partial charge in [-0.05, 0) is 66.6 Å². The van der Waals surface area contributed by atoms with Gasteiger partial charge in [0.25, 0.3) is 0 Å². The van der Waals surface area contributed by atoms with Gasteiger partial charge in [0, 0.05) is 54.7 Å². The number of hydrogen-bond donors (Lipinski definition) is 1. The Balaban J connectivity index is 1.05. The number of benzene rings is 8. The van der Waals surface area contributed by atoms with Crippen molar-refractivity contribution >= 4 is 71.2 Å². The highest BCUT2D eigenvalue weighted by Gasteiger charge is 2.35. The van der Waals surface area contributed by atoms with Gasteiger partial charge in [-0.3, -0.25) is 4.57 Å². The highest BCUT2D eigenvalue weighted by molar-refractivity contribution is 6.33. The molecule has 0 amide bonds. The maximum atomic E-state index is 5.20. The summed E-state index contributed by atoms with van der Waals surface area (Å²) in [6, 6.07) is 64.7. The normalized spacial score (nSPS) is 15.5. The fraction of sp³-hybridized carbons (Fsp3) is 0.0351. The largest absolute Gasteiger partial charge is 0.345 e. The Morgan fingerprint density at radius 3 is 1.67 bits per heavy atom. The molecule has 8 aromatic carbocycles. The predicted molar refractivity (Wildman–Crippen MR) is 262 cm³/mol. The monoisotopic (exact) mass is 819 g/mol. The van der Waals surface area contributed by atoms with Crippen molar-refractivity contribution in [3.63, 3.8) is 0 Å². The van der Waals surface area contributed by atoms with Gasteiger partial charge >= 0.3 is 0 Å². The van der Waals surface area contributed by atoms with Crippen molar-refractivity contribution in [3.8, 4) is 51.0 Å². The maximum Gasteiger partial charge on any atom is 0.164 e. The van der Waals surface area contributed by atoms with Crippen molar-refractivity contribution < 1.29 is 0 Å². The molecular formula is C57H37N7.